The van der Waals surface area contributed by atoms with Crippen molar-refractivity contribution in [2.24, 2.45) is 0 Å². The second-order valence-corrected chi connectivity index (χ2v) is 9.14. The average Bonchev–Trinajstić information content (AvgIpc) is 2.60. The van der Waals surface area contributed by atoms with Crippen molar-refractivity contribution < 1.29 is 27.5 Å². The predicted molar refractivity (Wildman–Crippen MR) is 98.6 cm³/mol. The number of amides is 1. The SMILES string of the molecule is COC(=O)C1(NS(=O)(=O)c2ccccc2)CCN(C(=O)OC(C)(C)C)CC1. The van der Waals surface area contributed by atoms with Crippen LogP contribution in [0.3, 0.4) is 0 Å². The molecule has 9 heteroatoms. The molecule has 0 spiro atoms. The average molecular weight is 398 g/mol. The van der Waals surface area contributed by atoms with Gasteiger partial charge in [0.15, 0.2) is 0 Å². The fourth-order valence-corrected chi connectivity index (χ4v) is 4.29. The summed E-state index contributed by atoms with van der Waals surface area (Å²) in [6.07, 6.45) is -0.317. The largest absolute Gasteiger partial charge is 0.468 e. The molecule has 8 nitrogen and oxygen atoms in total. The summed E-state index contributed by atoms with van der Waals surface area (Å²) in [5.74, 6) is -0.675. The first kappa shape index (κ1) is 21.2. The second-order valence-electron chi connectivity index (χ2n) is 7.46. The van der Waals surface area contributed by atoms with Gasteiger partial charge in [0.05, 0.1) is 12.0 Å². The molecular formula is C18H26N2O6S. The molecule has 0 saturated carbocycles. The fraction of sp³-hybridized carbons (Fsp3) is 0.556. The molecule has 150 valence electrons. The van der Waals surface area contributed by atoms with E-state index in [4.69, 9.17) is 9.47 Å². The third-order valence-corrected chi connectivity index (χ3v) is 5.78. The van der Waals surface area contributed by atoms with Gasteiger partial charge in [-0.3, -0.25) is 4.79 Å². The van der Waals surface area contributed by atoms with Gasteiger partial charge in [-0.2, -0.15) is 4.72 Å². The van der Waals surface area contributed by atoms with Gasteiger partial charge in [0.2, 0.25) is 10.0 Å². The van der Waals surface area contributed by atoms with Gasteiger partial charge in [0, 0.05) is 13.1 Å². The van der Waals surface area contributed by atoms with Crippen LogP contribution in [0.2, 0.25) is 0 Å². The fourth-order valence-electron chi connectivity index (χ4n) is 2.86. The first-order valence-corrected chi connectivity index (χ1v) is 10.1. The van der Waals surface area contributed by atoms with Crippen molar-refractivity contribution in [3.63, 3.8) is 0 Å². The molecule has 1 saturated heterocycles. The van der Waals surface area contributed by atoms with E-state index in [1.807, 2.05) is 0 Å². The Morgan fingerprint density at radius 1 is 1.11 bits per heavy atom. The monoisotopic (exact) mass is 398 g/mol. The van der Waals surface area contributed by atoms with Gasteiger partial charge in [0.1, 0.15) is 11.1 Å². The van der Waals surface area contributed by atoms with Crippen molar-refractivity contribution in [2.75, 3.05) is 20.2 Å². The van der Waals surface area contributed by atoms with Crippen LogP contribution in [-0.4, -0.2) is 56.7 Å². The Balaban J connectivity index is 2.18. The highest BCUT2D eigenvalue weighted by Crippen LogP contribution is 2.27. The molecule has 1 heterocycles. The summed E-state index contributed by atoms with van der Waals surface area (Å²) in [5.41, 5.74) is -2.06. The minimum Gasteiger partial charge on any atom is -0.468 e. The topological polar surface area (TPSA) is 102 Å². The van der Waals surface area contributed by atoms with E-state index in [2.05, 4.69) is 4.72 Å². The Hall–Kier alpha value is -2.13. The van der Waals surface area contributed by atoms with Crippen LogP contribution in [-0.2, 0) is 24.3 Å². The zero-order valence-electron chi connectivity index (χ0n) is 16.0. The standard InChI is InChI=1S/C18H26N2O6S/c1-17(2,3)26-16(22)20-12-10-18(11-13-20,15(21)25-4)19-27(23,24)14-8-6-5-7-9-14/h5-9,19H,10-13H2,1-4H3. The van der Waals surface area contributed by atoms with Crippen LogP contribution in [0, 0.1) is 0 Å². The molecule has 1 aromatic carbocycles. The molecule has 1 aliphatic rings. The van der Waals surface area contributed by atoms with E-state index in [1.165, 1.54) is 24.1 Å². The summed E-state index contributed by atoms with van der Waals surface area (Å²) in [7, 11) is -2.72. The quantitative estimate of drug-likeness (QED) is 0.778. The molecule has 1 N–H and O–H groups in total. The Morgan fingerprint density at radius 2 is 1.67 bits per heavy atom. The number of likely N-dealkylation sites (tertiary alicyclic amines) is 1. The normalized spacial score (nSPS) is 17.3. The number of carbonyl (C=O) groups is 2. The molecule has 0 radical (unpaired) electrons. The summed E-state index contributed by atoms with van der Waals surface area (Å²) >= 11 is 0. The van der Waals surface area contributed by atoms with E-state index in [0.29, 0.717) is 0 Å². The van der Waals surface area contributed by atoms with E-state index in [-0.39, 0.29) is 30.8 Å². The molecule has 0 atom stereocenters. The van der Waals surface area contributed by atoms with Crippen molar-refractivity contribution in [1.82, 2.24) is 9.62 Å². The zero-order chi connectivity index (χ0) is 20.3. The minimum absolute atomic E-state index is 0.0582. The highest BCUT2D eigenvalue weighted by molar-refractivity contribution is 7.89. The maximum absolute atomic E-state index is 12.7. The molecule has 0 aliphatic carbocycles. The number of hydrogen-bond donors (Lipinski definition) is 1. The number of sulfonamides is 1. The zero-order valence-corrected chi connectivity index (χ0v) is 16.8. The van der Waals surface area contributed by atoms with E-state index < -0.39 is 33.2 Å². The van der Waals surface area contributed by atoms with Crippen molar-refractivity contribution in [3.8, 4) is 0 Å². The lowest BCUT2D eigenvalue weighted by Gasteiger charge is -2.40. The summed E-state index contributed by atoms with van der Waals surface area (Å²) in [4.78, 5) is 26.2. The Kier molecular flexibility index (Phi) is 6.16. The second kappa shape index (κ2) is 7.85. The van der Waals surface area contributed by atoms with Crippen LogP contribution in [0.25, 0.3) is 0 Å². The molecule has 0 aromatic heterocycles. The number of esters is 1. The van der Waals surface area contributed by atoms with Crippen LogP contribution in [0.5, 0.6) is 0 Å². The van der Waals surface area contributed by atoms with Gasteiger partial charge in [0.25, 0.3) is 0 Å². The van der Waals surface area contributed by atoms with E-state index in [0.717, 1.165) is 0 Å². The lowest BCUT2D eigenvalue weighted by atomic mass is 9.89. The van der Waals surface area contributed by atoms with Crippen LogP contribution in [0.1, 0.15) is 33.6 Å². The highest BCUT2D eigenvalue weighted by atomic mass is 32.2. The molecule has 1 aliphatic heterocycles. The van der Waals surface area contributed by atoms with Gasteiger partial charge in [-0.15, -0.1) is 0 Å². The van der Waals surface area contributed by atoms with Crippen molar-refractivity contribution >= 4 is 22.1 Å². The predicted octanol–water partition coefficient (Wildman–Crippen LogP) is 1.91. The van der Waals surface area contributed by atoms with Crippen molar-refractivity contribution in [3.05, 3.63) is 30.3 Å². The van der Waals surface area contributed by atoms with Crippen molar-refractivity contribution in [2.45, 2.75) is 49.6 Å². The molecule has 1 amide bonds. The number of nitrogens with one attached hydrogen (secondary N) is 1. The maximum atomic E-state index is 12.7. The number of hydrogen-bond acceptors (Lipinski definition) is 6. The van der Waals surface area contributed by atoms with Crippen LogP contribution in [0.4, 0.5) is 4.79 Å². The Bertz CT molecular complexity index is 778. The number of piperidine rings is 1. The Morgan fingerprint density at radius 3 is 2.15 bits per heavy atom. The van der Waals surface area contributed by atoms with Crippen LogP contribution < -0.4 is 4.72 Å². The highest BCUT2D eigenvalue weighted by Gasteiger charge is 2.47. The third kappa shape index (κ3) is 5.20. The number of ether oxygens (including phenoxy) is 2. The molecular weight excluding hydrogens is 372 g/mol. The molecule has 1 fully saturated rings. The minimum atomic E-state index is -3.93. The maximum Gasteiger partial charge on any atom is 0.410 e. The van der Waals surface area contributed by atoms with E-state index in [1.54, 1.807) is 39.0 Å². The van der Waals surface area contributed by atoms with Gasteiger partial charge < -0.3 is 14.4 Å². The smallest absolute Gasteiger partial charge is 0.410 e. The van der Waals surface area contributed by atoms with Gasteiger partial charge in [-0.1, -0.05) is 18.2 Å². The number of benzene rings is 1. The number of carbonyl (C=O) groups excluding carboxylic acids is 2. The first-order chi connectivity index (χ1) is 12.5. The Labute approximate surface area is 159 Å². The summed E-state index contributed by atoms with van der Waals surface area (Å²) in [6, 6.07) is 7.80. The van der Waals surface area contributed by atoms with E-state index >= 15 is 0 Å². The molecule has 0 unspecified atom stereocenters. The lowest BCUT2D eigenvalue weighted by Crippen LogP contribution is -2.61. The summed E-state index contributed by atoms with van der Waals surface area (Å²) in [5, 5.41) is 0. The van der Waals surface area contributed by atoms with Crippen molar-refractivity contribution in [1.29, 1.82) is 0 Å². The lowest BCUT2D eigenvalue weighted by molar-refractivity contribution is -0.149. The molecule has 1 aromatic rings. The van der Waals surface area contributed by atoms with Crippen LogP contribution in [0.15, 0.2) is 35.2 Å². The first-order valence-electron chi connectivity index (χ1n) is 8.64. The number of methoxy groups -OCH3 is 1. The number of rotatable bonds is 4. The van der Waals surface area contributed by atoms with Crippen LogP contribution >= 0.6 is 0 Å². The molecule has 0 bridgehead atoms. The third-order valence-electron chi connectivity index (χ3n) is 4.23. The van der Waals surface area contributed by atoms with Gasteiger partial charge in [-0.05, 0) is 45.7 Å². The molecule has 2 rings (SSSR count). The molecule has 27 heavy (non-hydrogen) atoms. The van der Waals surface area contributed by atoms with E-state index in [9.17, 15) is 18.0 Å². The van der Waals surface area contributed by atoms with Gasteiger partial charge in [-0.25, -0.2) is 13.2 Å². The van der Waals surface area contributed by atoms with Gasteiger partial charge >= 0.3 is 12.1 Å². The number of nitrogens with zero attached hydrogens (tertiary/aromatic N) is 1. The summed E-state index contributed by atoms with van der Waals surface area (Å²) < 4.78 is 38.1. The summed E-state index contributed by atoms with van der Waals surface area (Å²) in [6.45, 7) is 5.63.